The summed E-state index contributed by atoms with van der Waals surface area (Å²) in [6, 6.07) is 8.22. The van der Waals surface area contributed by atoms with E-state index in [2.05, 4.69) is 22.9 Å². The van der Waals surface area contributed by atoms with Crippen LogP contribution in [-0.2, 0) is 16.5 Å². The fourth-order valence-corrected chi connectivity index (χ4v) is 2.73. The smallest absolute Gasteiger partial charge is 0.170 e. The van der Waals surface area contributed by atoms with Gasteiger partial charge < -0.3 is 4.55 Å². The second-order valence-corrected chi connectivity index (χ2v) is 6.11. The molecule has 1 aliphatic heterocycles. The van der Waals surface area contributed by atoms with Crippen LogP contribution in [0.5, 0.6) is 0 Å². The van der Waals surface area contributed by atoms with Gasteiger partial charge in [-0.15, -0.1) is 0 Å². The molecule has 0 saturated carbocycles. The summed E-state index contributed by atoms with van der Waals surface area (Å²) in [5.41, 5.74) is 2.52. The predicted molar refractivity (Wildman–Crippen MR) is 69.1 cm³/mol. The zero-order valence-electron chi connectivity index (χ0n) is 10.2. The molecule has 1 heterocycles. The van der Waals surface area contributed by atoms with Crippen molar-refractivity contribution in [2.24, 2.45) is 0 Å². The molecule has 0 bridgehead atoms. The van der Waals surface area contributed by atoms with Crippen molar-refractivity contribution < 1.29 is 17.5 Å². The van der Waals surface area contributed by atoms with Crippen molar-refractivity contribution >= 4 is 16.3 Å². The number of benzene rings is 1. The fourth-order valence-electron chi connectivity index (χ4n) is 2.24. The Labute approximate surface area is 108 Å². The van der Waals surface area contributed by atoms with Gasteiger partial charge in [-0.05, 0) is 18.1 Å². The van der Waals surface area contributed by atoms with Crippen LogP contribution in [0.15, 0.2) is 24.3 Å². The Morgan fingerprint density at radius 2 is 2.06 bits per heavy atom. The van der Waals surface area contributed by atoms with Crippen LogP contribution in [0.2, 0.25) is 0 Å². The Bertz CT molecular complexity index is 549. The van der Waals surface area contributed by atoms with Crippen LogP contribution in [0, 0.1) is 0 Å². The van der Waals surface area contributed by atoms with Gasteiger partial charge in [-0.3, -0.25) is 0 Å². The van der Waals surface area contributed by atoms with E-state index in [1.165, 1.54) is 11.1 Å². The lowest BCUT2D eigenvalue weighted by molar-refractivity contribution is -0.522. The Morgan fingerprint density at radius 3 is 2.83 bits per heavy atom. The Hall–Kier alpha value is -1.20. The first kappa shape index (κ1) is 13.2. The fraction of sp³-hybridized carbons (Fsp3) is 0.462. The average molecular weight is 267 g/mol. The molecule has 0 radical (unpaired) electrons. The van der Waals surface area contributed by atoms with Gasteiger partial charge in [0.25, 0.3) is 0 Å². The standard InChI is InChI=1S/C13H17NO3S/c15-18(16,17)10-4-9-14-8-3-7-12-5-1-2-6-13(12)11-14/h1-2,5-6,11H,3-4,7-10H2. The lowest BCUT2D eigenvalue weighted by Gasteiger charge is -2.05. The topological polar surface area (TPSA) is 60.2 Å². The number of nitrogens with zero attached hydrogens (tertiary/aromatic N) is 1. The van der Waals surface area contributed by atoms with Crippen molar-refractivity contribution in [3.05, 3.63) is 35.4 Å². The van der Waals surface area contributed by atoms with Crippen LogP contribution >= 0.6 is 0 Å². The van der Waals surface area contributed by atoms with E-state index in [-0.39, 0.29) is 5.75 Å². The zero-order chi connectivity index (χ0) is 13.0. The number of aryl methyl sites for hydroxylation is 1. The second kappa shape index (κ2) is 5.63. The van der Waals surface area contributed by atoms with Crippen molar-refractivity contribution in [3.63, 3.8) is 0 Å². The summed E-state index contributed by atoms with van der Waals surface area (Å²) >= 11 is 0. The van der Waals surface area contributed by atoms with Gasteiger partial charge in [0.1, 0.15) is 13.1 Å². The molecule has 1 aromatic rings. The molecule has 0 amide bonds. The van der Waals surface area contributed by atoms with Gasteiger partial charge >= 0.3 is 0 Å². The highest BCUT2D eigenvalue weighted by Gasteiger charge is 2.13. The van der Waals surface area contributed by atoms with Gasteiger partial charge in [0.05, 0.1) is 10.1 Å². The van der Waals surface area contributed by atoms with Crippen LogP contribution in [0.1, 0.15) is 24.0 Å². The Balaban J connectivity index is 2.04. The Morgan fingerprint density at radius 1 is 1.28 bits per heavy atom. The summed E-state index contributed by atoms with van der Waals surface area (Å²) in [4.78, 5) is 0. The quantitative estimate of drug-likeness (QED) is 0.604. The molecule has 98 valence electrons. The minimum atomic E-state index is -4.09. The van der Waals surface area contributed by atoms with E-state index in [1.54, 1.807) is 0 Å². The first-order valence-electron chi connectivity index (χ1n) is 6.15. The largest absolute Gasteiger partial charge is 0.748 e. The number of hydrogen-bond acceptors (Lipinski definition) is 3. The van der Waals surface area contributed by atoms with Crippen molar-refractivity contribution in [1.82, 2.24) is 0 Å². The molecule has 1 aromatic carbocycles. The molecule has 0 fully saturated rings. The van der Waals surface area contributed by atoms with Crippen molar-refractivity contribution in [1.29, 1.82) is 0 Å². The molecular formula is C13H17NO3S. The molecule has 2 rings (SSSR count). The predicted octanol–water partition coefficient (Wildman–Crippen LogP) is 0.999. The summed E-state index contributed by atoms with van der Waals surface area (Å²) in [6.45, 7) is 1.53. The first-order chi connectivity index (χ1) is 8.54. The summed E-state index contributed by atoms with van der Waals surface area (Å²) in [5, 5.41) is 0. The van der Waals surface area contributed by atoms with Crippen LogP contribution in [0.3, 0.4) is 0 Å². The van der Waals surface area contributed by atoms with Crippen LogP contribution in [0.25, 0.3) is 0 Å². The highest BCUT2D eigenvalue weighted by molar-refractivity contribution is 7.85. The SMILES string of the molecule is O=S(=O)([O-])CCC[N+]1=Cc2ccccc2CCC1. The lowest BCUT2D eigenvalue weighted by atomic mass is 10.1. The highest BCUT2D eigenvalue weighted by atomic mass is 32.2. The maximum Gasteiger partial charge on any atom is 0.170 e. The van der Waals surface area contributed by atoms with Gasteiger partial charge in [0.2, 0.25) is 0 Å². The maximum atomic E-state index is 10.6. The minimum Gasteiger partial charge on any atom is -0.748 e. The van der Waals surface area contributed by atoms with E-state index >= 15 is 0 Å². The van der Waals surface area contributed by atoms with Crippen molar-refractivity contribution in [3.8, 4) is 0 Å². The molecule has 5 heteroatoms. The third-order valence-electron chi connectivity index (χ3n) is 3.11. The molecule has 0 N–H and O–H groups in total. The van der Waals surface area contributed by atoms with Crippen LogP contribution < -0.4 is 0 Å². The van der Waals surface area contributed by atoms with Gasteiger partial charge in [-0.2, -0.15) is 0 Å². The molecule has 0 unspecified atom stereocenters. The monoisotopic (exact) mass is 267 g/mol. The summed E-state index contributed by atoms with van der Waals surface area (Å²) in [7, 11) is -4.09. The molecule has 0 spiro atoms. The molecule has 1 aliphatic rings. The van der Waals surface area contributed by atoms with Crippen molar-refractivity contribution in [2.75, 3.05) is 18.8 Å². The van der Waals surface area contributed by atoms with E-state index in [4.69, 9.17) is 0 Å². The van der Waals surface area contributed by atoms with Gasteiger partial charge in [0.15, 0.2) is 6.21 Å². The first-order valence-corrected chi connectivity index (χ1v) is 7.73. The molecule has 4 nitrogen and oxygen atoms in total. The summed E-state index contributed by atoms with van der Waals surface area (Å²) < 4.78 is 33.8. The highest BCUT2D eigenvalue weighted by Crippen LogP contribution is 2.12. The molecular weight excluding hydrogens is 250 g/mol. The van der Waals surface area contributed by atoms with E-state index < -0.39 is 10.1 Å². The van der Waals surface area contributed by atoms with Crippen LogP contribution in [0.4, 0.5) is 0 Å². The summed E-state index contributed by atoms with van der Waals surface area (Å²) in [5.74, 6) is -0.279. The van der Waals surface area contributed by atoms with Gasteiger partial charge in [-0.25, -0.2) is 13.0 Å². The lowest BCUT2D eigenvalue weighted by Crippen LogP contribution is -2.18. The van der Waals surface area contributed by atoms with E-state index in [9.17, 15) is 13.0 Å². The normalized spacial score (nSPS) is 15.7. The van der Waals surface area contributed by atoms with Crippen LogP contribution in [-0.4, -0.2) is 42.6 Å². The zero-order valence-corrected chi connectivity index (χ0v) is 11.0. The van der Waals surface area contributed by atoms with Crippen molar-refractivity contribution in [2.45, 2.75) is 19.3 Å². The molecule has 0 aliphatic carbocycles. The van der Waals surface area contributed by atoms with Gasteiger partial charge in [-0.1, -0.05) is 18.2 Å². The number of hydrogen-bond donors (Lipinski definition) is 0. The van der Waals surface area contributed by atoms with E-state index in [0.717, 1.165) is 19.4 Å². The van der Waals surface area contributed by atoms with E-state index in [0.29, 0.717) is 13.0 Å². The minimum absolute atomic E-state index is 0.279. The number of rotatable bonds is 4. The maximum absolute atomic E-state index is 10.6. The molecule has 0 atom stereocenters. The second-order valence-electron chi connectivity index (χ2n) is 4.58. The average Bonchev–Trinajstić information content (AvgIpc) is 2.49. The molecule has 0 saturated heterocycles. The van der Waals surface area contributed by atoms with Gasteiger partial charge in [0, 0.05) is 24.2 Å². The third kappa shape index (κ3) is 3.92. The molecule has 0 aromatic heterocycles. The Kier molecular flexibility index (Phi) is 4.14. The number of fused-ring (bicyclic) bond motifs is 1. The third-order valence-corrected chi connectivity index (χ3v) is 3.90. The van der Waals surface area contributed by atoms with E-state index in [1.807, 2.05) is 12.1 Å². The molecule has 18 heavy (non-hydrogen) atoms. The summed E-state index contributed by atoms with van der Waals surface area (Å²) in [6.07, 6.45) is 4.56.